The highest BCUT2D eigenvalue weighted by Gasteiger charge is 2.21. The molecule has 0 amide bonds. The first kappa shape index (κ1) is 23.1. The van der Waals surface area contributed by atoms with Gasteiger partial charge < -0.3 is 18.6 Å². The fraction of sp³-hybridized carbons (Fsp3) is 0.214. The zero-order chi connectivity index (χ0) is 24.3. The molecule has 174 valence electrons. The number of benzene rings is 3. The number of methoxy groups -OCH3 is 1. The lowest BCUT2D eigenvalue weighted by Gasteiger charge is -2.21. The molecule has 0 fully saturated rings. The summed E-state index contributed by atoms with van der Waals surface area (Å²) >= 11 is 0. The molecule has 0 aliphatic rings. The van der Waals surface area contributed by atoms with Crippen molar-refractivity contribution < 1.29 is 28.2 Å². The molecule has 0 aliphatic carbocycles. The number of rotatable bonds is 6. The molecule has 3 aromatic carbocycles. The van der Waals surface area contributed by atoms with Crippen LogP contribution in [0.2, 0.25) is 0 Å². The molecule has 0 aliphatic heterocycles. The van der Waals surface area contributed by atoms with E-state index in [1.165, 1.54) is 7.11 Å². The van der Waals surface area contributed by atoms with Crippen molar-refractivity contribution in [3.05, 3.63) is 83.4 Å². The Bertz CT molecular complexity index is 1370. The van der Waals surface area contributed by atoms with Gasteiger partial charge in [-0.1, -0.05) is 30.3 Å². The fourth-order valence-corrected chi connectivity index (χ4v) is 3.49. The van der Waals surface area contributed by atoms with Crippen molar-refractivity contribution in [2.45, 2.75) is 26.4 Å². The minimum absolute atomic E-state index is 0.00889. The van der Waals surface area contributed by atoms with Gasteiger partial charge in [0, 0.05) is 10.8 Å². The summed E-state index contributed by atoms with van der Waals surface area (Å²) < 4.78 is 22.2. The second kappa shape index (κ2) is 9.43. The van der Waals surface area contributed by atoms with Crippen molar-refractivity contribution in [3.8, 4) is 5.75 Å². The first-order chi connectivity index (χ1) is 16.2. The number of furan rings is 1. The summed E-state index contributed by atoms with van der Waals surface area (Å²) in [5.41, 5.74) is 2.42. The predicted molar refractivity (Wildman–Crippen MR) is 131 cm³/mol. The standard InChI is InChI=1S/C28H26O6/c1-28(2,3)34-27(30)20(15-18-9-11-19(12-10-18)26(29)31-4)17-32-21-13-14-25-23(16-21)22-7-5-6-8-24(22)33-25/h5-16H,17H2,1-4H3. The third-order valence-corrected chi connectivity index (χ3v) is 5.08. The van der Waals surface area contributed by atoms with Crippen LogP contribution in [0.5, 0.6) is 5.75 Å². The maximum atomic E-state index is 12.9. The Balaban J connectivity index is 1.60. The largest absolute Gasteiger partial charge is 0.489 e. The summed E-state index contributed by atoms with van der Waals surface area (Å²) in [5.74, 6) is -0.290. The van der Waals surface area contributed by atoms with Crippen molar-refractivity contribution in [1.82, 2.24) is 0 Å². The molecule has 6 heteroatoms. The minimum Gasteiger partial charge on any atom is -0.489 e. The van der Waals surface area contributed by atoms with E-state index in [2.05, 4.69) is 0 Å². The van der Waals surface area contributed by atoms with Crippen LogP contribution in [0.3, 0.4) is 0 Å². The van der Waals surface area contributed by atoms with Gasteiger partial charge in [-0.25, -0.2) is 9.59 Å². The van der Waals surface area contributed by atoms with Gasteiger partial charge in [0.1, 0.15) is 29.1 Å². The smallest absolute Gasteiger partial charge is 0.338 e. The molecule has 1 aromatic heterocycles. The Labute approximate surface area is 197 Å². The molecule has 0 unspecified atom stereocenters. The molecule has 0 radical (unpaired) electrons. The van der Waals surface area contributed by atoms with Gasteiger partial charge >= 0.3 is 11.9 Å². The van der Waals surface area contributed by atoms with E-state index in [1.807, 2.05) is 63.2 Å². The van der Waals surface area contributed by atoms with Gasteiger partial charge in [-0.15, -0.1) is 0 Å². The summed E-state index contributed by atoms with van der Waals surface area (Å²) in [6.45, 7) is 5.44. The van der Waals surface area contributed by atoms with Crippen LogP contribution in [0, 0.1) is 0 Å². The summed E-state index contributed by atoms with van der Waals surface area (Å²) in [5, 5.41) is 1.94. The predicted octanol–water partition coefficient (Wildman–Crippen LogP) is 6.18. The van der Waals surface area contributed by atoms with Gasteiger partial charge in [0.15, 0.2) is 0 Å². The third kappa shape index (κ3) is 5.29. The quantitative estimate of drug-likeness (QED) is 0.254. The SMILES string of the molecule is COC(=O)c1ccc(C=C(COc2ccc3oc4ccccc4c3c2)C(=O)OC(C)(C)C)cc1. The number of esters is 2. The zero-order valence-electron chi connectivity index (χ0n) is 19.6. The van der Waals surface area contributed by atoms with Crippen LogP contribution in [0.15, 0.2) is 76.7 Å². The Morgan fingerprint density at radius 3 is 2.32 bits per heavy atom. The van der Waals surface area contributed by atoms with Crippen molar-refractivity contribution in [2.24, 2.45) is 0 Å². The molecule has 6 nitrogen and oxygen atoms in total. The van der Waals surface area contributed by atoms with E-state index in [1.54, 1.807) is 30.3 Å². The molecule has 1 heterocycles. The van der Waals surface area contributed by atoms with Crippen molar-refractivity contribution in [3.63, 3.8) is 0 Å². The lowest BCUT2D eigenvalue weighted by molar-refractivity contribution is -0.150. The summed E-state index contributed by atoms with van der Waals surface area (Å²) in [4.78, 5) is 24.6. The normalized spacial score (nSPS) is 12.1. The van der Waals surface area contributed by atoms with E-state index in [9.17, 15) is 9.59 Å². The van der Waals surface area contributed by atoms with Gasteiger partial charge in [-0.3, -0.25) is 0 Å². The van der Waals surface area contributed by atoms with Crippen LogP contribution < -0.4 is 4.74 Å². The Kier molecular flexibility index (Phi) is 6.41. The van der Waals surface area contributed by atoms with Gasteiger partial charge in [0.05, 0.1) is 18.2 Å². The molecular weight excluding hydrogens is 432 g/mol. The van der Waals surface area contributed by atoms with E-state index in [4.69, 9.17) is 18.6 Å². The maximum Gasteiger partial charge on any atom is 0.338 e. The number of fused-ring (bicyclic) bond motifs is 3. The molecule has 0 bridgehead atoms. The summed E-state index contributed by atoms with van der Waals surface area (Å²) in [6.07, 6.45) is 1.70. The number of carbonyl (C=O) groups is 2. The highest BCUT2D eigenvalue weighted by Crippen LogP contribution is 2.31. The van der Waals surface area contributed by atoms with Gasteiger partial charge in [-0.2, -0.15) is 0 Å². The second-order valence-corrected chi connectivity index (χ2v) is 8.83. The van der Waals surface area contributed by atoms with E-state index >= 15 is 0 Å². The lowest BCUT2D eigenvalue weighted by Crippen LogP contribution is -2.26. The van der Waals surface area contributed by atoms with Gasteiger partial charge in [0.2, 0.25) is 0 Å². The Hall–Kier alpha value is -4.06. The van der Waals surface area contributed by atoms with Crippen molar-refractivity contribution in [2.75, 3.05) is 13.7 Å². The van der Waals surface area contributed by atoms with Crippen molar-refractivity contribution >= 4 is 40.0 Å². The number of carbonyl (C=O) groups excluding carboxylic acids is 2. The van der Waals surface area contributed by atoms with E-state index in [-0.39, 0.29) is 6.61 Å². The van der Waals surface area contributed by atoms with Gasteiger partial charge in [-0.05, 0) is 68.8 Å². The van der Waals surface area contributed by atoms with Crippen LogP contribution in [-0.4, -0.2) is 31.3 Å². The van der Waals surface area contributed by atoms with Crippen LogP contribution in [0.1, 0.15) is 36.7 Å². The van der Waals surface area contributed by atoms with Crippen LogP contribution in [-0.2, 0) is 14.3 Å². The summed E-state index contributed by atoms with van der Waals surface area (Å²) in [7, 11) is 1.33. The first-order valence-corrected chi connectivity index (χ1v) is 10.9. The number of hydrogen-bond donors (Lipinski definition) is 0. The van der Waals surface area contributed by atoms with E-state index in [0.717, 1.165) is 27.5 Å². The first-order valence-electron chi connectivity index (χ1n) is 10.9. The van der Waals surface area contributed by atoms with E-state index < -0.39 is 17.5 Å². The van der Waals surface area contributed by atoms with E-state index in [0.29, 0.717) is 16.9 Å². The molecular formula is C28H26O6. The summed E-state index contributed by atoms with van der Waals surface area (Å²) in [6, 6.07) is 20.1. The lowest BCUT2D eigenvalue weighted by atomic mass is 10.1. The molecule has 0 N–H and O–H groups in total. The average Bonchev–Trinajstić information content (AvgIpc) is 3.18. The molecule has 34 heavy (non-hydrogen) atoms. The van der Waals surface area contributed by atoms with Crippen molar-refractivity contribution in [1.29, 1.82) is 0 Å². The molecule has 0 saturated carbocycles. The Morgan fingerprint density at radius 1 is 0.912 bits per heavy atom. The topological polar surface area (TPSA) is 75.0 Å². The molecule has 4 aromatic rings. The zero-order valence-corrected chi connectivity index (χ0v) is 19.6. The molecule has 4 rings (SSSR count). The average molecular weight is 459 g/mol. The number of ether oxygens (including phenoxy) is 3. The monoisotopic (exact) mass is 458 g/mol. The third-order valence-electron chi connectivity index (χ3n) is 5.08. The highest BCUT2D eigenvalue weighted by atomic mass is 16.6. The van der Waals surface area contributed by atoms with Crippen LogP contribution >= 0.6 is 0 Å². The number of hydrogen-bond acceptors (Lipinski definition) is 6. The number of para-hydroxylation sites is 1. The van der Waals surface area contributed by atoms with Gasteiger partial charge in [0.25, 0.3) is 0 Å². The highest BCUT2D eigenvalue weighted by molar-refractivity contribution is 6.05. The molecule has 0 atom stereocenters. The Morgan fingerprint density at radius 2 is 1.62 bits per heavy atom. The second-order valence-electron chi connectivity index (χ2n) is 8.83. The fourth-order valence-electron chi connectivity index (χ4n) is 3.49. The molecule has 0 saturated heterocycles. The molecule has 0 spiro atoms. The minimum atomic E-state index is -0.653. The maximum absolute atomic E-state index is 12.9. The van der Waals surface area contributed by atoms with Crippen LogP contribution in [0.4, 0.5) is 0 Å². The van der Waals surface area contributed by atoms with Crippen LogP contribution in [0.25, 0.3) is 28.0 Å².